The van der Waals surface area contributed by atoms with Crippen molar-refractivity contribution in [2.75, 3.05) is 4.90 Å². The van der Waals surface area contributed by atoms with E-state index in [-0.39, 0.29) is 0 Å². The van der Waals surface area contributed by atoms with Crippen molar-refractivity contribution in [3.63, 3.8) is 0 Å². The minimum atomic E-state index is 0.744. The molecule has 0 aliphatic carbocycles. The number of rotatable bonds is 3. The van der Waals surface area contributed by atoms with Crippen LogP contribution in [0, 0.1) is 0 Å². The van der Waals surface area contributed by atoms with Crippen molar-refractivity contribution in [1.29, 1.82) is 0 Å². The lowest BCUT2D eigenvalue weighted by atomic mass is 10.0. The van der Waals surface area contributed by atoms with Crippen LogP contribution < -0.4 is 4.90 Å². The molecule has 1 aromatic heterocycles. The van der Waals surface area contributed by atoms with Gasteiger partial charge in [0.05, 0.1) is 10.7 Å². The highest BCUT2D eigenvalue weighted by atomic mass is 35.5. The third-order valence-electron chi connectivity index (χ3n) is 5.68. The average molecular weight is 436 g/mol. The first-order valence-corrected chi connectivity index (χ1v) is 11.4. The van der Waals surface area contributed by atoms with Gasteiger partial charge in [-0.2, -0.15) is 0 Å². The van der Waals surface area contributed by atoms with Gasteiger partial charge in [-0.15, -0.1) is 11.3 Å². The molecular formula is C28H18ClNS. The van der Waals surface area contributed by atoms with E-state index in [1.165, 1.54) is 30.9 Å². The van der Waals surface area contributed by atoms with Gasteiger partial charge in [0, 0.05) is 31.5 Å². The highest BCUT2D eigenvalue weighted by Crippen LogP contribution is 2.48. The zero-order chi connectivity index (χ0) is 20.8. The summed E-state index contributed by atoms with van der Waals surface area (Å²) in [6.45, 7) is 0. The van der Waals surface area contributed by atoms with E-state index in [4.69, 9.17) is 11.6 Å². The average Bonchev–Trinajstić information content (AvgIpc) is 3.18. The number of hydrogen-bond donors (Lipinski definition) is 0. The predicted octanol–water partition coefficient (Wildman–Crippen LogP) is 9.33. The highest BCUT2D eigenvalue weighted by Gasteiger charge is 2.21. The number of anilines is 3. The maximum absolute atomic E-state index is 6.94. The lowest BCUT2D eigenvalue weighted by Gasteiger charge is -2.27. The molecule has 148 valence electrons. The van der Waals surface area contributed by atoms with Gasteiger partial charge in [-0.05, 0) is 59.3 Å². The van der Waals surface area contributed by atoms with E-state index in [0.29, 0.717) is 0 Å². The fourth-order valence-electron chi connectivity index (χ4n) is 4.29. The minimum absolute atomic E-state index is 0.744. The molecule has 3 heteroatoms. The lowest BCUT2D eigenvalue weighted by Crippen LogP contribution is -2.10. The number of para-hydroxylation sites is 2. The molecular weight excluding hydrogens is 418 g/mol. The van der Waals surface area contributed by atoms with Crippen molar-refractivity contribution in [2.24, 2.45) is 0 Å². The summed E-state index contributed by atoms with van der Waals surface area (Å²) in [5.41, 5.74) is 3.20. The van der Waals surface area contributed by atoms with Gasteiger partial charge in [0.1, 0.15) is 0 Å². The van der Waals surface area contributed by atoms with Gasteiger partial charge in [0.15, 0.2) is 0 Å². The number of benzene rings is 5. The summed E-state index contributed by atoms with van der Waals surface area (Å²) < 4.78 is 2.51. The SMILES string of the molecule is Clc1ccc2sc3cc4ccccc4cc3c2c1N(c1ccccc1)c1ccccc1. The molecule has 0 spiro atoms. The van der Waals surface area contributed by atoms with E-state index in [9.17, 15) is 0 Å². The van der Waals surface area contributed by atoms with Crippen molar-refractivity contribution < 1.29 is 0 Å². The van der Waals surface area contributed by atoms with Crippen LogP contribution in [0.2, 0.25) is 5.02 Å². The van der Waals surface area contributed by atoms with Crippen LogP contribution in [0.4, 0.5) is 17.1 Å². The van der Waals surface area contributed by atoms with Crippen molar-refractivity contribution in [1.82, 2.24) is 0 Å². The number of halogens is 1. The molecule has 0 saturated carbocycles. The van der Waals surface area contributed by atoms with Crippen molar-refractivity contribution in [3.05, 3.63) is 114 Å². The Morgan fingerprint density at radius 3 is 1.81 bits per heavy atom. The van der Waals surface area contributed by atoms with Gasteiger partial charge < -0.3 is 4.90 Å². The summed E-state index contributed by atoms with van der Waals surface area (Å²) in [4.78, 5) is 2.27. The number of hydrogen-bond acceptors (Lipinski definition) is 2. The molecule has 0 aliphatic rings. The van der Waals surface area contributed by atoms with Crippen LogP contribution in [0.1, 0.15) is 0 Å². The fraction of sp³-hybridized carbons (Fsp3) is 0. The van der Waals surface area contributed by atoms with Crippen LogP contribution >= 0.6 is 22.9 Å². The van der Waals surface area contributed by atoms with Crippen molar-refractivity contribution in [3.8, 4) is 0 Å². The minimum Gasteiger partial charge on any atom is -0.308 e. The van der Waals surface area contributed by atoms with Crippen LogP contribution in [0.3, 0.4) is 0 Å². The Kier molecular flexibility index (Phi) is 4.41. The topological polar surface area (TPSA) is 3.24 Å². The molecule has 0 radical (unpaired) electrons. The van der Waals surface area contributed by atoms with Gasteiger partial charge in [-0.3, -0.25) is 0 Å². The smallest absolute Gasteiger partial charge is 0.0741 e. The molecule has 5 aromatic carbocycles. The standard InChI is InChI=1S/C28H18ClNS/c29-24-15-16-25-27(23-17-19-9-7-8-10-20(19)18-26(23)31-25)28(24)30(21-11-3-1-4-12-21)22-13-5-2-6-14-22/h1-18H. The summed E-state index contributed by atoms with van der Waals surface area (Å²) >= 11 is 8.76. The molecule has 0 fully saturated rings. The van der Waals surface area contributed by atoms with Crippen LogP contribution in [0.25, 0.3) is 30.9 Å². The molecule has 0 unspecified atom stereocenters. The quantitative estimate of drug-likeness (QED) is 0.267. The van der Waals surface area contributed by atoms with E-state index in [0.717, 1.165) is 22.1 Å². The Balaban J connectivity index is 1.74. The lowest BCUT2D eigenvalue weighted by molar-refractivity contribution is 1.30. The van der Waals surface area contributed by atoms with Gasteiger partial charge in [0.2, 0.25) is 0 Å². The highest BCUT2D eigenvalue weighted by molar-refractivity contribution is 7.26. The second kappa shape index (κ2) is 7.42. The number of fused-ring (bicyclic) bond motifs is 4. The Labute approximate surface area is 189 Å². The second-order valence-electron chi connectivity index (χ2n) is 7.57. The molecule has 0 atom stereocenters. The third-order valence-corrected chi connectivity index (χ3v) is 7.10. The second-order valence-corrected chi connectivity index (χ2v) is 9.06. The Hall–Kier alpha value is -3.33. The van der Waals surface area contributed by atoms with Crippen LogP contribution in [0.5, 0.6) is 0 Å². The zero-order valence-electron chi connectivity index (χ0n) is 16.6. The maximum atomic E-state index is 6.94. The zero-order valence-corrected chi connectivity index (χ0v) is 18.2. The van der Waals surface area contributed by atoms with E-state index >= 15 is 0 Å². The van der Waals surface area contributed by atoms with Gasteiger partial charge in [0.25, 0.3) is 0 Å². The van der Waals surface area contributed by atoms with Gasteiger partial charge >= 0.3 is 0 Å². The molecule has 31 heavy (non-hydrogen) atoms. The largest absolute Gasteiger partial charge is 0.308 e. The number of thiophene rings is 1. The summed E-state index contributed by atoms with van der Waals surface area (Å²) in [5, 5.41) is 5.69. The van der Waals surface area contributed by atoms with Gasteiger partial charge in [-0.1, -0.05) is 72.3 Å². The first-order chi connectivity index (χ1) is 15.3. The molecule has 0 amide bonds. The van der Waals surface area contributed by atoms with E-state index in [2.05, 4.69) is 95.9 Å². The molecule has 0 N–H and O–H groups in total. The summed E-state index contributed by atoms with van der Waals surface area (Å²) in [7, 11) is 0. The predicted molar refractivity (Wildman–Crippen MR) is 137 cm³/mol. The van der Waals surface area contributed by atoms with E-state index < -0.39 is 0 Å². The molecule has 0 aliphatic heterocycles. The normalized spacial score (nSPS) is 11.4. The Bertz CT molecular complexity index is 1500. The molecule has 6 aromatic rings. The maximum Gasteiger partial charge on any atom is 0.0741 e. The van der Waals surface area contributed by atoms with E-state index in [1.54, 1.807) is 0 Å². The summed E-state index contributed by atoms with van der Waals surface area (Å²) in [6, 6.07) is 38.2. The molecule has 1 nitrogen and oxygen atoms in total. The Morgan fingerprint density at radius 2 is 1.16 bits per heavy atom. The molecule has 0 bridgehead atoms. The third kappa shape index (κ3) is 3.07. The first-order valence-electron chi connectivity index (χ1n) is 10.2. The molecule has 0 saturated heterocycles. The van der Waals surface area contributed by atoms with Crippen LogP contribution in [-0.4, -0.2) is 0 Å². The van der Waals surface area contributed by atoms with Crippen LogP contribution in [0.15, 0.2) is 109 Å². The molecule has 1 heterocycles. The fourth-order valence-corrected chi connectivity index (χ4v) is 5.67. The van der Waals surface area contributed by atoms with Crippen LogP contribution in [-0.2, 0) is 0 Å². The number of nitrogens with zero attached hydrogens (tertiary/aromatic N) is 1. The first kappa shape index (κ1) is 18.4. The van der Waals surface area contributed by atoms with Crippen molar-refractivity contribution in [2.45, 2.75) is 0 Å². The molecule has 6 rings (SSSR count). The summed E-state index contributed by atoms with van der Waals surface area (Å²) in [6.07, 6.45) is 0. The Morgan fingerprint density at radius 1 is 0.581 bits per heavy atom. The monoisotopic (exact) mass is 435 g/mol. The summed E-state index contributed by atoms with van der Waals surface area (Å²) in [5.74, 6) is 0. The van der Waals surface area contributed by atoms with E-state index in [1.807, 2.05) is 29.5 Å². The van der Waals surface area contributed by atoms with Crippen molar-refractivity contribution >= 4 is 70.9 Å². The van der Waals surface area contributed by atoms with Gasteiger partial charge in [-0.25, -0.2) is 0 Å².